The van der Waals surface area contributed by atoms with E-state index < -0.39 is 5.60 Å². The summed E-state index contributed by atoms with van der Waals surface area (Å²) in [4.78, 5) is 13.4. The summed E-state index contributed by atoms with van der Waals surface area (Å²) in [5, 5.41) is 3.11. The van der Waals surface area contributed by atoms with Crippen molar-refractivity contribution >= 4 is 6.09 Å². The van der Waals surface area contributed by atoms with Crippen LogP contribution in [0.25, 0.3) is 0 Å². The summed E-state index contributed by atoms with van der Waals surface area (Å²) in [6.07, 6.45) is 8.01. The number of dihydropyridines is 1. The lowest BCUT2D eigenvalue weighted by molar-refractivity contribution is 0.0214. The fourth-order valence-electron chi connectivity index (χ4n) is 1.80. The largest absolute Gasteiger partial charge is 0.444 e. The van der Waals surface area contributed by atoms with Crippen molar-refractivity contribution in [3.8, 4) is 0 Å². The van der Waals surface area contributed by atoms with Gasteiger partial charge in [-0.3, -0.25) is 0 Å². The van der Waals surface area contributed by atoms with E-state index in [1.54, 1.807) is 4.90 Å². The van der Waals surface area contributed by atoms with Gasteiger partial charge in [0, 0.05) is 19.6 Å². The minimum absolute atomic E-state index is 0.227. The smallest absolute Gasteiger partial charge is 0.410 e. The van der Waals surface area contributed by atoms with Crippen molar-refractivity contribution < 1.29 is 9.53 Å². The molecular weight excluding hydrogens is 228 g/mol. The topological polar surface area (TPSA) is 41.6 Å². The molecule has 2 aliphatic rings. The van der Waals surface area contributed by atoms with Crippen LogP contribution in [0.1, 0.15) is 20.8 Å². The van der Waals surface area contributed by atoms with Crippen LogP contribution in [0.4, 0.5) is 4.79 Å². The first-order valence-electron chi connectivity index (χ1n) is 6.21. The van der Waals surface area contributed by atoms with Crippen molar-refractivity contribution in [3.63, 3.8) is 0 Å². The van der Waals surface area contributed by atoms with Crippen molar-refractivity contribution in [1.29, 1.82) is 0 Å². The fraction of sp³-hybridized carbons (Fsp3) is 0.500. The highest BCUT2D eigenvalue weighted by Crippen LogP contribution is 2.20. The summed E-state index contributed by atoms with van der Waals surface area (Å²) in [5.41, 5.74) is 2.04. The lowest BCUT2D eigenvalue weighted by atomic mass is 10.0. The number of carbonyl (C=O) groups is 1. The number of hydrogen-bond acceptors (Lipinski definition) is 3. The molecule has 0 aromatic rings. The second kappa shape index (κ2) is 4.88. The predicted molar refractivity (Wildman–Crippen MR) is 71.1 cm³/mol. The molecule has 0 bridgehead atoms. The summed E-state index contributed by atoms with van der Waals surface area (Å²) in [7, 11) is 0. The summed E-state index contributed by atoms with van der Waals surface area (Å²) < 4.78 is 5.30. The van der Waals surface area contributed by atoms with E-state index in [0.717, 1.165) is 6.54 Å². The van der Waals surface area contributed by atoms with Crippen LogP contribution < -0.4 is 5.32 Å². The van der Waals surface area contributed by atoms with Crippen molar-refractivity contribution in [2.45, 2.75) is 26.4 Å². The standard InChI is InChI=1S/C14H20N2O2/c1-14(2,3)18-13(17)16-9-12(10-16)8-11-4-6-15-7-5-11/h4-6,8,15H,7,9-10H2,1-3H3. The van der Waals surface area contributed by atoms with Crippen molar-refractivity contribution in [2.24, 2.45) is 0 Å². The molecule has 4 heteroatoms. The molecule has 1 fully saturated rings. The highest BCUT2D eigenvalue weighted by atomic mass is 16.6. The van der Waals surface area contributed by atoms with Gasteiger partial charge in [0.25, 0.3) is 0 Å². The molecule has 1 N–H and O–H groups in total. The molecule has 0 aromatic carbocycles. The highest BCUT2D eigenvalue weighted by Gasteiger charge is 2.29. The van der Waals surface area contributed by atoms with Gasteiger partial charge in [0.15, 0.2) is 0 Å². The zero-order valence-electron chi connectivity index (χ0n) is 11.2. The number of rotatable bonds is 1. The van der Waals surface area contributed by atoms with E-state index in [4.69, 9.17) is 4.74 Å². The summed E-state index contributed by atoms with van der Waals surface area (Å²) in [6.45, 7) is 7.86. The quantitative estimate of drug-likeness (QED) is 0.773. The lowest BCUT2D eigenvalue weighted by Gasteiger charge is -2.35. The van der Waals surface area contributed by atoms with E-state index in [-0.39, 0.29) is 6.09 Å². The third-order valence-corrected chi connectivity index (χ3v) is 2.66. The Balaban J connectivity index is 1.83. The molecule has 2 aliphatic heterocycles. The van der Waals surface area contributed by atoms with Crippen LogP contribution >= 0.6 is 0 Å². The van der Waals surface area contributed by atoms with Gasteiger partial charge in [0.05, 0.1) is 0 Å². The maximum atomic E-state index is 11.7. The number of allylic oxidation sites excluding steroid dienone is 3. The van der Waals surface area contributed by atoms with Crippen LogP contribution in [0, 0.1) is 0 Å². The third kappa shape index (κ3) is 3.39. The predicted octanol–water partition coefficient (Wildman–Crippen LogP) is 2.21. The molecule has 2 rings (SSSR count). The maximum absolute atomic E-state index is 11.7. The molecule has 0 spiro atoms. The molecule has 98 valence electrons. The molecule has 0 atom stereocenters. The number of nitrogens with zero attached hydrogens (tertiary/aromatic N) is 1. The number of amides is 1. The molecule has 0 aliphatic carbocycles. The summed E-state index contributed by atoms with van der Waals surface area (Å²) >= 11 is 0. The zero-order valence-corrected chi connectivity index (χ0v) is 11.2. The monoisotopic (exact) mass is 248 g/mol. The van der Waals surface area contributed by atoms with Crippen LogP contribution in [-0.2, 0) is 4.74 Å². The van der Waals surface area contributed by atoms with Gasteiger partial charge < -0.3 is 15.0 Å². The van der Waals surface area contributed by atoms with Crippen LogP contribution in [0.3, 0.4) is 0 Å². The van der Waals surface area contributed by atoms with Crippen molar-refractivity contribution in [2.75, 3.05) is 19.6 Å². The van der Waals surface area contributed by atoms with E-state index in [1.807, 2.05) is 33.0 Å². The Morgan fingerprint density at radius 1 is 1.44 bits per heavy atom. The lowest BCUT2D eigenvalue weighted by Crippen LogP contribution is -2.46. The molecule has 0 saturated carbocycles. The van der Waals surface area contributed by atoms with Gasteiger partial charge in [0.1, 0.15) is 5.60 Å². The average molecular weight is 248 g/mol. The minimum Gasteiger partial charge on any atom is -0.444 e. The number of likely N-dealkylation sites (tertiary alicyclic amines) is 1. The van der Waals surface area contributed by atoms with E-state index in [1.165, 1.54) is 11.1 Å². The maximum Gasteiger partial charge on any atom is 0.410 e. The number of hydrogen-bond donors (Lipinski definition) is 1. The molecule has 2 heterocycles. The van der Waals surface area contributed by atoms with Crippen LogP contribution in [0.5, 0.6) is 0 Å². The average Bonchev–Trinajstić information content (AvgIpc) is 2.21. The number of nitrogens with one attached hydrogen (secondary N) is 1. The van der Waals surface area contributed by atoms with Crippen molar-refractivity contribution in [3.05, 3.63) is 35.6 Å². The first-order chi connectivity index (χ1) is 8.44. The Morgan fingerprint density at radius 2 is 2.17 bits per heavy atom. The molecule has 18 heavy (non-hydrogen) atoms. The van der Waals surface area contributed by atoms with Crippen molar-refractivity contribution in [1.82, 2.24) is 10.2 Å². The minimum atomic E-state index is -0.420. The van der Waals surface area contributed by atoms with Gasteiger partial charge in [-0.15, -0.1) is 0 Å². The number of carbonyl (C=O) groups excluding carboxylic acids is 1. The summed E-state index contributed by atoms with van der Waals surface area (Å²) in [5.74, 6) is 0. The summed E-state index contributed by atoms with van der Waals surface area (Å²) in [6, 6.07) is 0. The Bertz CT molecular complexity index is 420. The van der Waals surface area contributed by atoms with E-state index >= 15 is 0 Å². The molecule has 0 aromatic heterocycles. The second-order valence-corrected chi connectivity index (χ2v) is 5.58. The Morgan fingerprint density at radius 3 is 2.72 bits per heavy atom. The van der Waals surface area contributed by atoms with Gasteiger partial charge in [-0.05, 0) is 44.2 Å². The Hall–Kier alpha value is -1.71. The normalized spacial score (nSPS) is 18.7. The first kappa shape index (κ1) is 12.7. The third-order valence-electron chi connectivity index (χ3n) is 2.66. The first-order valence-corrected chi connectivity index (χ1v) is 6.21. The highest BCUT2D eigenvalue weighted by molar-refractivity contribution is 5.71. The molecular formula is C14H20N2O2. The zero-order chi connectivity index (χ0) is 13.2. The van der Waals surface area contributed by atoms with Gasteiger partial charge in [-0.25, -0.2) is 4.79 Å². The molecule has 0 radical (unpaired) electrons. The van der Waals surface area contributed by atoms with Gasteiger partial charge >= 0.3 is 6.09 Å². The Kier molecular flexibility index (Phi) is 3.45. The van der Waals surface area contributed by atoms with E-state index in [9.17, 15) is 4.79 Å². The SMILES string of the molecule is CC(C)(C)OC(=O)N1CC(=CC2=CCNC=C2)C1. The van der Waals surface area contributed by atoms with Crippen LogP contribution in [0.15, 0.2) is 35.6 Å². The van der Waals surface area contributed by atoms with Crippen LogP contribution in [-0.4, -0.2) is 36.2 Å². The van der Waals surface area contributed by atoms with Gasteiger partial charge in [-0.1, -0.05) is 12.2 Å². The van der Waals surface area contributed by atoms with E-state index in [2.05, 4.69) is 17.5 Å². The Labute approximate surface area is 108 Å². The second-order valence-electron chi connectivity index (χ2n) is 5.58. The van der Waals surface area contributed by atoms with Crippen LogP contribution in [0.2, 0.25) is 0 Å². The van der Waals surface area contributed by atoms with Gasteiger partial charge in [0.2, 0.25) is 0 Å². The number of ether oxygens (including phenoxy) is 1. The fourth-order valence-corrected chi connectivity index (χ4v) is 1.80. The molecule has 0 unspecified atom stereocenters. The molecule has 1 saturated heterocycles. The molecule has 4 nitrogen and oxygen atoms in total. The van der Waals surface area contributed by atoms with Gasteiger partial charge in [-0.2, -0.15) is 0 Å². The molecule has 1 amide bonds. The van der Waals surface area contributed by atoms with E-state index in [0.29, 0.717) is 13.1 Å².